The van der Waals surface area contributed by atoms with Crippen molar-refractivity contribution in [1.82, 2.24) is 10.6 Å². The number of carboxylic acid groups (broad SMARTS) is 1. The molecular weight excluding hydrogens is 432 g/mol. The van der Waals surface area contributed by atoms with E-state index in [1.165, 1.54) is 0 Å². The molecule has 2 amide bonds. The summed E-state index contributed by atoms with van der Waals surface area (Å²) in [4.78, 5) is 37.3. The van der Waals surface area contributed by atoms with E-state index in [0.29, 0.717) is 0 Å². The number of carboxylic acids is 1. The van der Waals surface area contributed by atoms with Crippen LogP contribution in [0.1, 0.15) is 58.6 Å². The van der Waals surface area contributed by atoms with Crippen LogP contribution >= 0.6 is 0 Å². The van der Waals surface area contributed by atoms with Crippen molar-refractivity contribution in [3.05, 3.63) is 59.7 Å². The van der Waals surface area contributed by atoms with Gasteiger partial charge in [-0.05, 0) is 55.9 Å². The van der Waals surface area contributed by atoms with E-state index < -0.39 is 35.0 Å². The predicted octanol–water partition coefficient (Wildman–Crippen LogP) is 4.56. The molecule has 3 N–H and O–H groups in total. The summed E-state index contributed by atoms with van der Waals surface area (Å²) in [5, 5.41) is 14.8. The highest BCUT2D eigenvalue weighted by atomic mass is 16.5. The molecule has 7 heteroatoms. The van der Waals surface area contributed by atoms with Crippen LogP contribution in [0.5, 0.6) is 0 Å². The number of ether oxygens (including phenoxy) is 1. The van der Waals surface area contributed by atoms with Crippen LogP contribution in [-0.2, 0) is 14.3 Å². The maximum Gasteiger partial charge on any atom is 0.407 e. The van der Waals surface area contributed by atoms with Gasteiger partial charge in [-0.15, -0.1) is 0 Å². The summed E-state index contributed by atoms with van der Waals surface area (Å²) in [5.41, 5.74) is 2.39. The smallest absolute Gasteiger partial charge is 0.407 e. The molecule has 0 aliphatic heterocycles. The first-order valence-corrected chi connectivity index (χ1v) is 11.5. The Morgan fingerprint density at radius 1 is 0.941 bits per heavy atom. The Kier molecular flexibility index (Phi) is 7.05. The molecule has 34 heavy (non-hydrogen) atoms. The van der Waals surface area contributed by atoms with Gasteiger partial charge in [-0.3, -0.25) is 4.79 Å². The fourth-order valence-corrected chi connectivity index (χ4v) is 4.16. The van der Waals surface area contributed by atoms with Crippen LogP contribution in [0.4, 0.5) is 4.79 Å². The Balaban J connectivity index is 1.68. The van der Waals surface area contributed by atoms with Crippen molar-refractivity contribution < 1.29 is 24.2 Å². The maximum absolute atomic E-state index is 13.0. The number of hydrogen-bond donors (Lipinski definition) is 3. The average Bonchev–Trinajstić information content (AvgIpc) is 3.08. The zero-order valence-corrected chi connectivity index (χ0v) is 20.6. The van der Waals surface area contributed by atoms with Crippen molar-refractivity contribution in [3.63, 3.8) is 0 Å². The van der Waals surface area contributed by atoms with Crippen LogP contribution in [0.25, 0.3) is 11.1 Å². The topological polar surface area (TPSA) is 105 Å². The van der Waals surface area contributed by atoms with Gasteiger partial charge in [-0.25, -0.2) is 9.59 Å². The largest absolute Gasteiger partial charge is 0.480 e. The van der Waals surface area contributed by atoms with E-state index in [1.807, 2.05) is 36.4 Å². The summed E-state index contributed by atoms with van der Waals surface area (Å²) >= 11 is 0. The van der Waals surface area contributed by atoms with E-state index in [0.717, 1.165) is 22.3 Å². The van der Waals surface area contributed by atoms with Gasteiger partial charge < -0.3 is 20.5 Å². The molecule has 0 fully saturated rings. The van der Waals surface area contributed by atoms with Crippen molar-refractivity contribution in [2.45, 2.75) is 59.0 Å². The normalized spacial score (nSPS) is 14.2. The third-order valence-corrected chi connectivity index (χ3v) is 7.11. The second-order valence-electron chi connectivity index (χ2n) is 10.2. The number of amides is 2. The molecule has 0 saturated carbocycles. The fourth-order valence-electron chi connectivity index (χ4n) is 4.16. The van der Waals surface area contributed by atoms with E-state index >= 15 is 0 Å². The van der Waals surface area contributed by atoms with E-state index in [2.05, 4.69) is 22.8 Å². The first kappa shape index (κ1) is 25.3. The van der Waals surface area contributed by atoms with Gasteiger partial charge >= 0.3 is 12.1 Å². The maximum atomic E-state index is 13.0. The van der Waals surface area contributed by atoms with E-state index in [4.69, 9.17) is 4.74 Å². The number of fused-ring (bicyclic) bond motifs is 3. The molecule has 0 spiro atoms. The Morgan fingerprint density at radius 2 is 1.44 bits per heavy atom. The second kappa shape index (κ2) is 9.49. The molecule has 7 nitrogen and oxygen atoms in total. The molecule has 3 rings (SSSR count). The second-order valence-corrected chi connectivity index (χ2v) is 10.2. The molecular formula is C27H34N2O5. The van der Waals surface area contributed by atoms with Gasteiger partial charge in [0.2, 0.25) is 5.91 Å². The molecule has 182 valence electrons. The van der Waals surface area contributed by atoms with Crippen molar-refractivity contribution in [2.75, 3.05) is 6.61 Å². The lowest BCUT2D eigenvalue weighted by Crippen LogP contribution is -2.61. The van der Waals surface area contributed by atoms with Crippen LogP contribution in [-0.4, -0.2) is 41.3 Å². The molecule has 0 radical (unpaired) electrons. The molecule has 0 saturated heterocycles. The number of nitrogens with one attached hydrogen (secondary N) is 2. The molecule has 0 aromatic heterocycles. The first-order valence-electron chi connectivity index (χ1n) is 11.5. The molecule has 2 aromatic rings. The van der Waals surface area contributed by atoms with Crippen LogP contribution in [0, 0.1) is 11.3 Å². The Bertz CT molecular complexity index is 1040. The summed E-state index contributed by atoms with van der Waals surface area (Å²) in [5.74, 6) is -1.91. The summed E-state index contributed by atoms with van der Waals surface area (Å²) < 4.78 is 5.63. The Morgan fingerprint density at radius 3 is 1.91 bits per heavy atom. The van der Waals surface area contributed by atoms with Gasteiger partial charge in [-0.2, -0.15) is 0 Å². The number of aliphatic carboxylic acids is 1. The highest BCUT2D eigenvalue weighted by Gasteiger charge is 2.46. The van der Waals surface area contributed by atoms with Crippen LogP contribution in [0.2, 0.25) is 0 Å². The molecule has 1 aliphatic rings. The molecule has 0 unspecified atom stereocenters. The van der Waals surface area contributed by atoms with Gasteiger partial charge in [0.25, 0.3) is 0 Å². The van der Waals surface area contributed by atoms with Gasteiger partial charge in [0.15, 0.2) is 0 Å². The highest BCUT2D eigenvalue weighted by molar-refractivity contribution is 5.88. The number of alkyl carbamates (subject to hydrolysis) is 1. The van der Waals surface area contributed by atoms with Crippen molar-refractivity contribution in [3.8, 4) is 11.1 Å². The SMILES string of the molecule is CC(C)[C@H](NC(=O)C(C)(C)C(C)(C)NC(=O)OCC1c2ccccc2-c2ccccc21)C(=O)O. The van der Waals surface area contributed by atoms with Gasteiger partial charge in [0.1, 0.15) is 12.6 Å². The average molecular weight is 467 g/mol. The van der Waals surface area contributed by atoms with E-state index in [1.54, 1.807) is 41.5 Å². The summed E-state index contributed by atoms with van der Waals surface area (Å²) in [7, 11) is 0. The number of carbonyl (C=O) groups excluding carboxylic acids is 2. The molecule has 1 atom stereocenters. The van der Waals surface area contributed by atoms with Crippen LogP contribution in [0.3, 0.4) is 0 Å². The lowest BCUT2D eigenvalue weighted by molar-refractivity contribution is -0.146. The van der Waals surface area contributed by atoms with Crippen molar-refractivity contribution in [2.24, 2.45) is 11.3 Å². The quantitative estimate of drug-likeness (QED) is 0.529. The number of carbonyl (C=O) groups is 3. The Labute approximate surface area is 200 Å². The van der Waals surface area contributed by atoms with Crippen LogP contribution < -0.4 is 10.6 Å². The minimum Gasteiger partial charge on any atom is -0.480 e. The lowest BCUT2D eigenvalue weighted by atomic mass is 9.73. The lowest BCUT2D eigenvalue weighted by Gasteiger charge is -2.41. The number of rotatable bonds is 8. The summed E-state index contributed by atoms with van der Waals surface area (Å²) in [6.45, 7) is 10.4. The number of hydrogen-bond acceptors (Lipinski definition) is 4. The molecule has 0 bridgehead atoms. The zero-order valence-electron chi connectivity index (χ0n) is 20.6. The van der Waals surface area contributed by atoms with Crippen molar-refractivity contribution >= 4 is 18.0 Å². The zero-order chi connectivity index (χ0) is 25.3. The molecule has 2 aromatic carbocycles. The Hall–Kier alpha value is -3.35. The summed E-state index contributed by atoms with van der Waals surface area (Å²) in [6.07, 6.45) is -0.633. The fraction of sp³-hybridized carbons (Fsp3) is 0.444. The predicted molar refractivity (Wildman–Crippen MR) is 130 cm³/mol. The van der Waals surface area contributed by atoms with E-state index in [9.17, 15) is 19.5 Å². The minimum atomic E-state index is -1.11. The monoisotopic (exact) mass is 466 g/mol. The van der Waals surface area contributed by atoms with Crippen molar-refractivity contribution in [1.29, 1.82) is 0 Å². The third kappa shape index (κ3) is 4.79. The minimum absolute atomic E-state index is 0.0695. The van der Waals surface area contributed by atoms with Crippen LogP contribution in [0.15, 0.2) is 48.5 Å². The third-order valence-electron chi connectivity index (χ3n) is 7.11. The van der Waals surface area contributed by atoms with E-state index in [-0.39, 0.29) is 18.4 Å². The van der Waals surface area contributed by atoms with Gasteiger partial charge in [-0.1, -0.05) is 62.4 Å². The van der Waals surface area contributed by atoms with Gasteiger partial charge in [0, 0.05) is 5.92 Å². The molecule has 0 heterocycles. The van der Waals surface area contributed by atoms with Gasteiger partial charge in [0.05, 0.1) is 11.0 Å². The molecule has 1 aliphatic carbocycles. The highest BCUT2D eigenvalue weighted by Crippen LogP contribution is 2.44. The number of benzene rings is 2. The standard InChI is InChI=1S/C27H34N2O5/c1-16(2)22(23(30)31)28-24(32)26(3,4)27(5,6)29-25(33)34-15-21-19-13-9-7-11-17(19)18-12-8-10-14-20(18)21/h7-14,16,21-22H,15H2,1-6H3,(H,28,32)(H,29,33)(H,30,31)/t22-/m0/s1. The summed E-state index contributed by atoms with van der Waals surface area (Å²) in [6, 6.07) is 15.2. The first-order chi connectivity index (χ1) is 15.9.